The van der Waals surface area contributed by atoms with Gasteiger partial charge in [-0.15, -0.1) is 0 Å². The van der Waals surface area contributed by atoms with E-state index in [9.17, 15) is 4.79 Å². The number of aliphatic hydroxyl groups is 1. The standard InChI is InChI=1S/C17H18N4O2.C8H9ClO.C2H6/c1-3-14(17(18)22)19-10-12(2)15-9-16(21-11-20-15)23-13-7-5-4-6-8-13;9-8-3-1-7(2-4-8)5-6-10;1-2/h3-11,19H,1-2H3,(H2,18,22);1-4,10H,5-6H2;1-2H3/b12-10+,14-3-;;. The van der Waals surface area contributed by atoms with Gasteiger partial charge in [0.25, 0.3) is 5.91 Å². The maximum Gasteiger partial charge on any atom is 0.264 e. The second-order valence-electron chi connectivity index (χ2n) is 6.79. The molecule has 0 spiro atoms. The van der Waals surface area contributed by atoms with Gasteiger partial charge in [0.05, 0.1) is 11.4 Å². The molecule has 3 aromatic rings. The van der Waals surface area contributed by atoms with Crippen LogP contribution in [0.4, 0.5) is 0 Å². The number of hydrogen-bond acceptors (Lipinski definition) is 6. The summed E-state index contributed by atoms with van der Waals surface area (Å²) in [6.45, 7) is 7.78. The summed E-state index contributed by atoms with van der Waals surface area (Å²) in [5.74, 6) is 0.615. The molecule has 2 aromatic carbocycles. The van der Waals surface area contributed by atoms with Crippen LogP contribution in [-0.2, 0) is 11.2 Å². The highest BCUT2D eigenvalue weighted by molar-refractivity contribution is 6.30. The highest BCUT2D eigenvalue weighted by atomic mass is 35.5. The summed E-state index contributed by atoms with van der Waals surface area (Å²) >= 11 is 5.65. The summed E-state index contributed by atoms with van der Waals surface area (Å²) in [5.41, 5.74) is 8.16. The molecule has 0 aliphatic carbocycles. The number of aromatic nitrogens is 2. The molecule has 4 N–H and O–H groups in total. The molecule has 0 aliphatic heterocycles. The van der Waals surface area contributed by atoms with Crippen LogP contribution in [0.5, 0.6) is 11.6 Å². The Hall–Kier alpha value is -3.68. The lowest BCUT2D eigenvalue weighted by Gasteiger charge is -2.07. The molecule has 0 atom stereocenters. The molecule has 0 bridgehead atoms. The van der Waals surface area contributed by atoms with Crippen LogP contribution in [-0.4, -0.2) is 27.6 Å². The van der Waals surface area contributed by atoms with Gasteiger partial charge in [-0.2, -0.15) is 0 Å². The fourth-order valence-corrected chi connectivity index (χ4v) is 2.68. The normalized spacial score (nSPS) is 10.8. The lowest BCUT2D eigenvalue weighted by atomic mass is 10.2. The quantitative estimate of drug-likeness (QED) is 0.355. The molecule has 0 saturated carbocycles. The fraction of sp³-hybridized carbons (Fsp3) is 0.222. The molecule has 0 aliphatic rings. The van der Waals surface area contributed by atoms with E-state index in [0.717, 1.165) is 16.2 Å². The largest absolute Gasteiger partial charge is 0.439 e. The molecule has 0 unspecified atom stereocenters. The van der Waals surface area contributed by atoms with Crippen molar-refractivity contribution in [1.29, 1.82) is 0 Å². The van der Waals surface area contributed by atoms with Gasteiger partial charge in [-0.25, -0.2) is 9.97 Å². The zero-order chi connectivity index (χ0) is 26.1. The number of aliphatic hydroxyl groups excluding tert-OH is 1. The van der Waals surface area contributed by atoms with Crippen molar-refractivity contribution in [1.82, 2.24) is 15.3 Å². The third kappa shape index (κ3) is 11.3. The van der Waals surface area contributed by atoms with Gasteiger partial charge in [-0.1, -0.05) is 61.9 Å². The van der Waals surface area contributed by atoms with Crippen LogP contribution in [0.25, 0.3) is 5.57 Å². The molecule has 1 aromatic heterocycles. The zero-order valence-corrected chi connectivity index (χ0v) is 21.3. The highest BCUT2D eigenvalue weighted by Crippen LogP contribution is 2.21. The first kappa shape index (κ1) is 29.4. The number of carbonyl (C=O) groups is 1. The number of benzene rings is 2. The Morgan fingerprint density at radius 2 is 1.77 bits per heavy atom. The van der Waals surface area contributed by atoms with E-state index in [1.807, 2.05) is 75.4 Å². The maximum absolute atomic E-state index is 11.2. The van der Waals surface area contributed by atoms with E-state index in [2.05, 4.69) is 15.3 Å². The minimum absolute atomic E-state index is 0.196. The second kappa shape index (κ2) is 16.9. The number of allylic oxidation sites excluding steroid dienone is 2. The predicted molar refractivity (Wildman–Crippen MR) is 142 cm³/mol. The van der Waals surface area contributed by atoms with Crippen molar-refractivity contribution in [3.05, 3.63) is 101 Å². The van der Waals surface area contributed by atoms with Crippen LogP contribution < -0.4 is 15.8 Å². The lowest BCUT2D eigenvalue weighted by Crippen LogP contribution is -2.22. The number of primary amides is 1. The predicted octanol–water partition coefficient (Wildman–Crippen LogP) is 5.51. The molecule has 0 fully saturated rings. The number of nitrogens with zero attached hydrogens (tertiary/aromatic N) is 2. The average molecular weight is 497 g/mol. The van der Waals surface area contributed by atoms with Gasteiger partial charge >= 0.3 is 0 Å². The van der Waals surface area contributed by atoms with Gasteiger partial charge in [0, 0.05) is 23.9 Å². The first-order valence-electron chi connectivity index (χ1n) is 11.2. The minimum Gasteiger partial charge on any atom is -0.439 e. The van der Waals surface area contributed by atoms with Gasteiger partial charge < -0.3 is 20.9 Å². The van der Waals surface area contributed by atoms with Crippen molar-refractivity contribution in [2.75, 3.05) is 6.61 Å². The van der Waals surface area contributed by atoms with Crippen molar-refractivity contribution < 1.29 is 14.6 Å². The van der Waals surface area contributed by atoms with Crippen molar-refractivity contribution >= 4 is 23.1 Å². The zero-order valence-electron chi connectivity index (χ0n) is 20.5. The summed E-state index contributed by atoms with van der Waals surface area (Å²) < 4.78 is 5.67. The number of halogens is 1. The van der Waals surface area contributed by atoms with Crippen molar-refractivity contribution in [3.63, 3.8) is 0 Å². The van der Waals surface area contributed by atoms with Crippen LogP contribution in [0.1, 0.15) is 39.0 Å². The van der Waals surface area contributed by atoms with E-state index in [1.54, 1.807) is 25.3 Å². The number of rotatable bonds is 8. The molecule has 0 radical (unpaired) electrons. The van der Waals surface area contributed by atoms with Crippen LogP contribution in [0.2, 0.25) is 5.02 Å². The number of nitrogens with two attached hydrogens (primary N) is 1. The number of carbonyl (C=O) groups excluding carboxylic acids is 1. The monoisotopic (exact) mass is 496 g/mol. The van der Waals surface area contributed by atoms with Crippen LogP contribution >= 0.6 is 11.6 Å². The molecule has 0 saturated heterocycles. The third-order valence-corrected chi connectivity index (χ3v) is 4.58. The highest BCUT2D eigenvalue weighted by Gasteiger charge is 2.05. The molecule has 8 heteroatoms. The number of amides is 1. The van der Waals surface area contributed by atoms with E-state index in [0.29, 0.717) is 29.4 Å². The Morgan fingerprint density at radius 3 is 2.34 bits per heavy atom. The maximum atomic E-state index is 11.2. The Kier molecular flexibility index (Phi) is 14.1. The smallest absolute Gasteiger partial charge is 0.264 e. The molecule has 35 heavy (non-hydrogen) atoms. The average Bonchev–Trinajstić information content (AvgIpc) is 2.88. The molecule has 7 nitrogen and oxygen atoms in total. The van der Waals surface area contributed by atoms with Gasteiger partial charge in [-0.05, 0) is 55.7 Å². The van der Waals surface area contributed by atoms with Gasteiger partial charge in [0.2, 0.25) is 5.88 Å². The Morgan fingerprint density at radius 1 is 1.11 bits per heavy atom. The van der Waals surface area contributed by atoms with Gasteiger partial charge in [0.15, 0.2) is 0 Å². The summed E-state index contributed by atoms with van der Waals surface area (Å²) in [7, 11) is 0. The van der Waals surface area contributed by atoms with Crippen molar-refractivity contribution in [2.24, 2.45) is 5.73 Å². The molecular weight excluding hydrogens is 464 g/mol. The molecule has 1 amide bonds. The van der Waals surface area contributed by atoms with Crippen LogP contribution in [0.15, 0.2) is 85.0 Å². The number of para-hydroxylation sites is 1. The third-order valence-electron chi connectivity index (χ3n) is 4.32. The number of hydrogen-bond donors (Lipinski definition) is 3. The Balaban J connectivity index is 0.000000425. The summed E-state index contributed by atoms with van der Waals surface area (Å²) in [6.07, 6.45) is 5.40. The van der Waals surface area contributed by atoms with E-state index in [-0.39, 0.29) is 6.61 Å². The first-order valence-corrected chi connectivity index (χ1v) is 11.6. The summed E-state index contributed by atoms with van der Waals surface area (Å²) in [5, 5.41) is 12.2. The minimum atomic E-state index is -0.521. The second-order valence-corrected chi connectivity index (χ2v) is 7.23. The van der Waals surface area contributed by atoms with Gasteiger partial charge in [-0.3, -0.25) is 4.79 Å². The number of nitrogens with one attached hydrogen (secondary N) is 1. The fourth-order valence-electron chi connectivity index (χ4n) is 2.56. The van der Waals surface area contributed by atoms with E-state index >= 15 is 0 Å². The van der Waals surface area contributed by atoms with Crippen molar-refractivity contribution in [3.8, 4) is 11.6 Å². The van der Waals surface area contributed by atoms with Crippen LogP contribution in [0, 0.1) is 0 Å². The SMILES string of the molecule is C/C=C(\N/C=C(\C)c1cc(Oc2ccccc2)ncn1)C(N)=O.CC.OCCc1ccc(Cl)cc1. The van der Waals surface area contributed by atoms with E-state index < -0.39 is 5.91 Å². The van der Waals surface area contributed by atoms with E-state index in [1.165, 1.54) is 6.33 Å². The molecule has 3 rings (SSSR count). The van der Waals surface area contributed by atoms with Crippen LogP contribution in [0.3, 0.4) is 0 Å². The lowest BCUT2D eigenvalue weighted by molar-refractivity contribution is -0.114. The molecule has 1 heterocycles. The Bertz CT molecular complexity index is 1090. The molecule has 186 valence electrons. The first-order chi connectivity index (χ1) is 16.9. The summed E-state index contributed by atoms with van der Waals surface area (Å²) in [4.78, 5) is 19.4. The molecular formula is C27H33ClN4O3. The Labute approximate surface area is 212 Å². The van der Waals surface area contributed by atoms with Gasteiger partial charge in [0.1, 0.15) is 12.1 Å². The van der Waals surface area contributed by atoms with E-state index in [4.69, 9.17) is 27.2 Å². The summed E-state index contributed by atoms with van der Waals surface area (Å²) in [6, 6.07) is 18.6. The van der Waals surface area contributed by atoms with Crippen molar-refractivity contribution in [2.45, 2.75) is 34.1 Å². The number of ether oxygens (including phenoxy) is 1. The topological polar surface area (TPSA) is 110 Å².